The Hall–Kier alpha value is -3.23. The first-order valence-electron chi connectivity index (χ1n) is 7.79. The van der Waals surface area contributed by atoms with Crippen molar-refractivity contribution < 1.29 is 9.53 Å². The van der Waals surface area contributed by atoms with Gasteiger partial charge in [0, 0.05) is 12.7 Å². The van der Waals surface area contributed by atoms with Crippen LogP contribution in [0.4, 0.5) is 5.69 Å². The number of carbonyl (C=O) groups excluding carboxylic acids is 1. The maximum absolute atomic E-state index is 12.4. The summed E-state index contributed by atoms with van der Waals surface area (Å²) in [5.41, 5.74) is 1.53. The number of fused-ring (bicyclic) bond motifs is 1. The summed E-state index contributed by atoms with van der Waals surface area (Å²) in [4.78, 5) is 24.5. The van der Waals surface area contributed by atoms with E-state index >= 15 is 0 Å². The van der Waals surface area contributed by atoms with Gasteiger partial charge in [-0.2, -0.15) is 9.78 Å². The molecular formula is C16H18N6O3. The molecule has 3 aromatic rings. The number of amides is 1. The third kappa shape index (κ3) is 3.35. The summed E-state index contributed by atoms with van der Waals surface area (Å²) in [7, 11) is 1.72. The maximum atomic E-state index is 12.4. The van der Waals surface area contributed by atoms with Gasteiger partial charge >= 0.3 is 0 Å². The van der Waals surface area contributed by atoms with Crippen molar-refractivity contribution in [3.05, 3.63) is 40.3 Å². The smallest absolute Gasteiger partial charge is 0.298 e. The molecule has 0 atom stereocenters. The van der Waals surface area contributed by atoms with E-state index in [2.05, 4.69) is 20.7 Å². The van der Waals surface area contributed by atoms with Crippen molar-refractivity contribution in [1.29, 1.82) is 0 Å². The van der Waals surface area contributed by atoms with Crippen LogP contribution in [0.5, 0.6) is 5.75 Å². The number of hydrogen-bond acceptors (Lipinski definition) is 6. The molecule has 9 nitrogen and oxygen atoms in total. The molecule has 1 N–H and O–H groups in total. The third-order valence-corrected chi connectivity index (χ3v) is 3.73. The number of aryl methyl sites for hydroxylation is 2. The predicted octanol–water partition coefficient (Wildman–Crippen LogP) is 0.871. The lowest BCUT2D eigenvalue weighted by Gasteiger charge is -2.07. The predicted molar refractivity (Wildman–Crippen MR) is 91.5 cm³/mol. The first kappa shape index (κ1) is 16.6. The molecule has 0 saturated carbocycles. The van der Waals surface area contributed by atoms with Crippen LogP contribution >= 0.6 is 0 Å². The Morgan fingerprint density at radius 1 is 1.24 bits per heavy atom. The van der Waals surface area contributed by atoms with Crippen LogP contribution in [0.15, 0.2) is 29.1 Å². The van der Waals surface area contributed by atoms with E-state index in [1.165, 1.54) is 0 Å². The minimum atomic E-state index is -0.449. The fourth-order valence-electron chi connectivity index (χ4n) is 2.36. The molecule has 130 valence electrons. The fraction of sp³-hybridized carbons (Fsp3) is 0.312. The van der Waals surface area contributed by atoms with Gasteiger partial charge < -0.3 is 10.1 Å². The van der Waals surface area contributed by atoms with Crippen LogP contribution in [0, 0.1) is 6.92 Å². The molecule has 2 aromatic heterocycles. The van der Waals surface area contributed by atoms with E-state index in [0.29, 0.717) is 17.8 Å². The molecule has 3 rings (SSSR count). The number of ether oxygens (including phenoxy) is 1. The SMILES string of the molecule is CCOc1ccc(NC(=O)Cn2nnc3c(C)n(C)nc3c2=O)cc1. The van der Waals surface area contributed by atoms with E-state index in [0.717, 1.165) is 16.1 Å². The Balaban J connectivity index is 1.75. The number of hydrogen-bond donors (Lipinski definition) is 1. The summed E-state index contributed by atoms with van der Waals surface area (Å²) >= 11 is 0. The Kier molecular flexibility index (Phi) is 4.46. The molecule has 0 saturated heterocycles. The van der Waals surface area contributed by atoms with Gasteiger partial charge in [0.15, 0.2) is 5.52 Å². The van der Waals surface area contributed by atoms with Crippen molar-refractivity contribution in [3.63, 3.8) is 0 Å². The highest BCUT2D eigenvalue weighted by Gasteiger charge is 2.15. The van der Waals surface area contributed by atoms with Crippen LogP contribution in [0.3, 0.4) is 0 Å². The Bertz CT molecular complexity index is 974. The summed E-state index contributed by atoms with van der Waals surface area (Å²) in [5, 5.41) is 14.6. The van der Waals surface area contributed by atoms with E-state index in [-0.39, 0.29) is 18.0 Å². The molecule has 25 heavy (non-hydrogen) atoms. The van der Waals surface area contributed by atoms with Gasteiger partial charge in [-0.25, -0.2) is 0 Å². The van der Waals surface area contributed by atoms with Crippen molar-refractivity contribution in [1.82, 2.24) is 24.8 Å². The Labute approximate surface area is 143 Å². The Morgan fingerprint density at radius 2 is 1.96 bits per heavy atom. The fourth-order valence-corrected chi connectivity index (χ4v) is 2.36. The van der Waals surface area contributed by atoms with Crippen LogP contribution in [0.25, 0.3) is 11.0 Å². The zero-order valence-electron chi connectivity index (χ0n) is 14.2. The highest BCUT2D eigenvalue weighted by Crippen LogP contribution is 2.15. The standard InChI is InChI=1S/C16H18N6O3/c1-4-25-12-7-5-11(6-8-12)17-13(23)9-22-16(24)15-14(18-20-22)10(2)21(3)19-15/h5-8H,4,9H2,1-3H3,(H,17,23). The first-order chi connectivity index (χ1) is 12.0. The topological polar surface area (TPSA) is 104 Å². The average Bonchev–Trinajstić information content (AvgIpc) is 2.88. The van der Waals surface area contributed by atoms with Crippen LogP contribution < -0.4 is 15.6 Å². The largest absolute Gasteiger partial charge is 0.494 e. The summed E-state index contributed by atoms with van der Waals surface area (Å²) in [6.45, 7) is 4.02. The molecule has 0 unspecified atom stereocenters. The molecule has 1 aromatic carbocycles. The highest BCUT2D eigenvalue weighted by atomic mass is 16.5. The van der Waals surface area contributed by atoms with Crippen molar-refractivity contribution >= 4 is 22.6 Å². The van der Waals surface area contributed by atoms with Crippen molar-refractivity contribution in [3.8, 4) is 5.75 Å². The van der Waals surface area contributed by atoms with Crippen LogP contribution in [-0.2, 0) is 18.4 Å². The molecule has 0 spiro atoms. The number of carbonyl (C=O) groups is 1. The monoisotopic (exact) mass is 342 g/mol. The Morgan fingerprint density at radius 3 is 2.64 bits per heavy atom. The summed E-state index contributed by atoms with van der Waals surface area (Å²) < 4.78 is 7.90. The van der Waals surface area contributed by atoms with Gasteiger partial charge in [-0.3, -0.25) is 14.3 Å². The van der Waals surface area contributed by atoms with Crippen molar-refractivity contribution in [2.24, 2.45) is 7.05 Å². The van der Waals surface area contributed by atoms with Gasteiger partial charge in [-0.1, -0.05) is 5.21 Å². The summed E-state index contributed by atoms with van der Waals surface area (Å²) in [6, 6.07) is 6.97. The molecule has 0 aliphatic rings. The number of rotatable bonds is 5. The zero-order valence-corrected chi connectivity index (χ0v) is 14.2. The lowest BCUT2D eigenvalue weighted by molar-refractivity contribution is -0.117. The summed E-state index contributed by atoms with van der Waals surface area (Å²) in [6.07, 6.45) is 0. The van der Waals surface area contributed by atoms with Crippen LogP contribution in [0.2, 0.25) is 0 Å². The molecule has 0 fully saturated rings. The van der Waals surface area contributed by atoms with E-state index in [1.54, 1.807) is 42.9 Å². The van der Waals surface area contributed by atoms with E-state index in [9.17, 15) is 9.59 Å². The number of nitrogens with zero attached hydrogens (tertiary/aromatic N) is 5. The average molecular weight is 342 g/mol. The normalized spacial score (nSPS) is 10.8. The van der Waals surface area contributed by atoms with Gasteiger partial charge in [0.1, 0.15) is 17.8 Å². The zero-order chi connectivity index (χ0) is 18.0. The lowest BCUT2D eigenvalue weighted by atomic mass is 10.3. The van der Waals surface area contributed by atoms with E-state index in [4.69, 9.17) is 4.74 Å². The first-order valence-corrected chi connectivity index (χ1v) is 7.79. The van der Waals surface area contributed by atoms with Gasteiger partial charge in [0.25, 0.3) is 5.56 Å². The van der Waals surface area contributed by atoms with Crippen LogP contribution in [-0.4, -0.2) is 37.3 Å². The molecular weight excluding hydrogens is 324 g/mol. The second-order valence-corrected chi connectivity index (χ2v) is 5.46. The number of benzene rings is 1. The molecule has 1 amide bonds. The number of anilines is 1. The lowest BCUT2D eigenvalue weighted by Crippen LogP contribution is -2.30. The maximum Gasteiger partial charge on any atom is 0.298 e. The molecule has 0 bridgehead atoms. The van der Waals surface area contributed by atoms with E-state index in [1.807, 2.05) is 6.92 Å². The van der Waals surface area contributed by atoms with Crippen molar-refractivity contribution in [2.45, 2.75) is 20.4 Å². The number of nitrogens with one attached hydrogen (secondary N) is 1. The van der Waals surface area contributed by atoms with E-state index < -0.39 is 5.56 Å². The van der Waals surface area contributed by atoms with Gasteiger partial charge in [-0.15, -0.1) is 5.10 Å². The number of aromatic nitrogens is 5. The molecule has 0 radical (unpaired) electrons. The summed E-state index contributed by atoms with van der Waals surface area (Å²) in [5.74, 6) is 0.339. The molecule has 9 heteroatoms. The highest BCUT2D eigenvalue weighted by molar-refractivity contribution is 5.90. The minimum absolute atomic E-state index is 0.198. The quantitative estimate of drug-likeness (QED) is 0.738. The van der Waals surface area contributed by atoms with Gasteiger partial charge in [0.05, 0.1) is 12.3 Å². The third-order valence-electron chi connectivity index (χ3n) is 3.73. The van der Waals surface area contributed by atoms with Crippen LogP contribution in [0.1, 0.15) is 12.6 Å². The van der Waals surface area contributed by atoms with Gasteiger partial charge in [-0.05, 0) is 38.1 Å². The van der Waals surface area contributed by atoms with Gasteiger partial charge in [0.2, 0.25) is 5.91 Å². The molecule has 0 aliphatic carbocycles. The second kappa shape index (κ2) is 6.71. The molecule has 0 aliphatic heterocycles. The second-order valence-electron chi connectivity index (χ2n) is 5.46. The minimum Gasteiger partial charge on any atom is -0.494 e. The van der Waals surface area contributed by atoms with Crippen molar-refractivity contribution in [2.75, 3.05) is 11.9 Å². The molecule has 2 heterocycles.